The molecule has 4 atom stereocenters. The summed E-state index contributed by atoms with van der Waals surface area (Å²) in [7, 11) is 0. The van der Waals surface area contributed by atoms with Crippen molar-refractivity contribution in [3.63, 3.8) is 0 Å². The molecule has 0 aromatic heterocycles. The van der Waals surface area contributed by atoms with E-state index >= 15 is 0 Å². The normalized spacial score (nSPS) is 13.7. The van der Waals surface area contributed by atoms with Gasteiger partial charge in [0.2, 0.25) is 0 Å². The summed E-state index contributed by atoms with van der Waals surface area (Å²) < 4.78 is 0. The molecule has 0 saturated heterocycles. The smallest absolute Gasteiger partial charge is 0.851 e. The molecule has 0 bridgehead atoms. The van der Waals surface area contributed by atoms with Gasteiger partial charge in [0.15, 0.2) is 0 Å². The molecule has 0 aliphatic rings. The second kappa shape index (κ2) is 35.7. The first-order valence-corrected chi connectivity index (χ1v) is 9.47. The van der Waals surface area contributed by atoms with Gasteiger partial charge < -0.3 is 66.3 Å². The monoisotopic (exact) mass is 460 g/mol. The van der Waals surface area contributed by atoms with Gasteiger partial charge >= 0.3 is 21.7 Å². The van der Waals surface area contributed by atoms with Crippen molar-refractivity contribution in [3.8, 4) is 0 Å². The van der Waals surface area contributed by atoms with E-state index < -0.39 is 24.4 Å². The van der Waals surface area contributed by atoms with Crippen molar-refractivity contribution < 1.29 is 42.1 Å². The molecule has 0 rings (SSSR count). The largest absolute Gasteiger partial charge is 4.00 e. The molecule has 13 heteroatoms. The minimum absolute atomic E-state index is 0. The average molecular weight is 460 g/mol. The molecule has 0 amide bonds. The molecule has 12 nitrogen and oxygen atoms in total. The Hall–Kier alpha value is 0.234. The van der Waals surface area contributed by atoms with Crippen molar-refractivity contribution in [1.82, 2.24) is 0 Å². The minimum atomic E-state index is -0.648. The van der Waals surface area contributed by atoms with Crippen LogP contribution in [0.25, 0.3) is 0 Å². The van der Waals surface area contributed by atoms with Crippen molar-refractivity contribution in [2.75, 3.05) is 52.4 Å². The molecule has 0 radical (unpaired) electrons. The summed E-state index contributed by atoms with van der Waals surface area (Å²) in [4.78, 5) is 0. The van der Waals surface area contributed by atoms with Crippen LogP contribution in [0.5, 0.6) is 0 Å². The Balaban J connectivity index is -0.0000000873. The van der Waals surface area contributed by atoms with Crippen LogP contribution in [0.15, 0.2) is 0 Å². The van der Waals surface area contributed by atoms with E-state index in [4.69, 9.17) is 45.9 Å². The van der Waals surface area contributed by atoms with Crippen molar-refractivity contribution in [2.24, 2.45) is 45.9 Å². The minimum Gasteiger partial charge on any atom is -0.851 e. The molecular weight excluding hydrogens is 416 g/mol. The van der Waals surface area contributed by atoms with E-state index in [0.29, 0.717) is 51.9 Å². The summed E-state index contributed by atoms with van der Waals surface area (Å²) in [5.41, 5.74) is 40.2. The quantitative estimate of drug-likeness (QED) is 0.126. The van der Waals surface area contributed by atoms with Gasteiger partial charge in [0, 0.05) is 0 Å². The van der Waals surface area contributed by atoms with E-state index in [-0.39, 0.29) is 47.9 Å². The van der Waals surface area contributed by atoms with Crippen LogP contribution in [0.2, 0.25) is 0 Å². The average Bonchev–Trinajstić information content (AvgIpc) is 2.70. The molecule has 0 aromatic rings. The third-order valence-electron chi connectivity index (χ3n) is 3.01. The number of nitrogens with two attached hydrogens (primary N) is 8. The summed E-state index contributed by atoms with van der Waals surface area (Å²) in [6.07, 6.45) is -0.606. The van der Waals surface area contributed by atoms with Gasteiger partial charge in [-0.25, -0.2) is 0 Å². The predicted octanol–water partition coefficient (Wildman–Crippen LogP) is -7.91. The van der Waals surface area contributed by atoms with E-state index in [1.807, 2.05) is 0 Å². The van der Waals surface area contributed by atoms with Gasteiger partial charge in [-0.1, -0.05) is 25.7 Å². The fraction of sp³-hybridized carbons (Fsp3) is 1.00. The zero-order valence-electron chi connectivity index (χ0n) is 17.5. The van der Waals surface area contributed by atoms with E-state index in [2.05, 4.69) is 0 Å². The Morgan fingerprint density at radius 2 is 0.517 bits per heavy atom. The first-order chi connectivity index (χ1) is 13.2. The topological polar surface area (TPSA) is 300 Å². The van der Waals surface area contributed by atoms with Gasteiger partial charge in [0.25, 0.3) is 0 Å². The van der Waals surface area contributed by atoms with Crippen LogP contribution in [0.3, 0.4) is 0 Å². The summed E-state index contributed by atoms with van der Waals surface area (Å²) in [5, 5.41) is 41.2. The molecule has 0 aromatic carbocycles. The second-order valence-corrected chi connectivity index (χ2v) is 5.74. The second-order valence-electron chi connectivity index (χ2n) is 5.74. The molecule has 0 aliphatic carbocycles. The molecule has 176 valence electrons. The first kappa shape index (κ1) is 39.7. The van der Waals surface area contributed by atoms with Crippen LogP contribution in [0.4, 0.5) is 0 Å². The van der Waals surface area contributed by atoms with Gasteiger partial charge in [0.1, 0.15) is 0 Å². The number of hydrogen-bond acceptors (Lipinski definition) is 12. The Morgan fingerprint density at radius 1 is 0.379 bits per heavy atom. The van der Waals surface area contributed by atoms with Crippen LogP contribution in [-0.4, -0.2) is 76.8 Å². The SMILES string of the molecule is NCCC([O-])CN.NCCC([O-])CN.NCCC([O-])CN.NCCC([O-])CN.[Ti+4]. The van der Waals surface area contributed by atoms with Crippen molar-refractivity contribution in [2.45, 2.75) is 50.1 Å². The van der Waals surface area contributed by atoms with E-state index in [1.165, 1.54) is 0 Å². The Bertz CT molecular complexity index is 217. The zero-order chi connectivity index (χ0) is 22.8. The maximum absolute atomic E-state index is 10.3. The fourth-order valence-corrected chi connectivity index (χ4v) is 1.21. The van der Waals surface area contributed by atoms with Gasteiger partial charge in [0.05, 0.1) is 0 Å². The summed E-state index contributed by atoms with van der Waals surface area (Å²) in [5.74, 6) is 0. The van der Waals surface area contributed by atoms with Crippen LogP contribution in [0, 0.1) is 0 Å². The molecule has 0 heterocycles. The Morgan fingerprint density at radius 3 is 0.552 bits per heavy atom. The van der Waals surface area contributed by atoms with Gasteiger partial charge in [-0.05, 0) is 52.4 Å². The van der Waals surface area contributed by atoms with Crippen LogP contribution < -0.4 is 66.3 Å². The van der Waals surface area contributed by atoms with Crippen molar-refractivity contribution >= 4 is 0 Å². The summed E-state index contributed by atoms with van der Waals surface area (Å²) in [6.45, 7) is 2.62. The molecule has 29 heavy (non-hydrogen) atoms. The third-order valence-corrected chi connectivity index (χ3v) is 3.01. The zero-order valence-corrected chi connectivity index (χ0v) is 19.1. The number of hydrogen-bond donors (Lipinski definition) is 8. The molecule has 0 fully saturated rings. The Labute approximate surface area is 190 Å². The Kier molecular flexibility index (Phi) is 48.8. The van der Waals surface area contributed by atoms with Gasteiger partial charge in [-0.3, -0.25) is 0 Å². The van der Waals surface area contributed by atoms with Crippen LogP contribution in [0.1, 0.15) is 25.7 Å². The molecule has 16 N–H and O–H groups in total. The summed E-state index contributed by atoms with van der Waals surface area (Å²) in [6, 6.07) is 0. The predicted molar refractivity (Wildman–Crippen MR) is 106 cm³/mol. The molecule has 0 saturated carbocycles. The van der Waals surface area contributed by atoms with E-state index in [1.54, 1.807) is 0 Å². The summed E-state index contributed by atoms with van der Waals surface area (Å²) >= 11 is 0. The standard InChI is InChI=1S/4C4H11N2O.Ti/c4*5-2-1-4(7)3-6;/h4*4H,1-3,5-6H2;/q4*-1;+4. The molecule has 0 aliphatic heterocycles. The molecule has 4 unspecified atom stereocenters. The van der Waals surface area contributed by atoms with Gasteiger partial charge in [-0.2, -0.15) is 0 Å². The van der Waals surface area contributed by atoms with Crippen LogP contribution in [-0.2, 0) is 21.7 Å². The van der Waals surface area contributed by atoms with E-state index in [9.17, 15) is 20.4 Å². The van der Waals surface area contributed by atoms with Crippen LogP contribution >= 0.6 is 0 Å². The number of rotatable bonds is 12. The fourth-order valence-electron chi connectivity index (χ4n) is 1.21. The molecular formula is C16H44N8O4Ti. The maximum atomic E-state index is 10.3. The van der Waals surface area contributed by atoms with Crippen molar-refractivity contribution in [1.29, 1.82) is 0 Å². The van der Waals surface area contributed by atoms with E-state index in [0.717, 1.165) is 0 Å². The van der Waals surface area contributed by atoms with Crippen molar-refractivity contribution in [3.05, 3.63) is 0 Å². The van der Waals surface area contributed by atoms with Gasteiger partial charge in [-0.15, -0.1) is 24.4 Å². The molecule has 0 spiro atoms. The first-order valence-electron chi connectivity index (χ1n) is 9.47. The maximum Gasteiger partial charge on any atom is 4.00 e. The third kappa shape index (κ3) is 47.5.